The van der Waals surface area contributed by atoms with E-state index in [1.165, 1.54) is 49.9 Å². The summed E-state index contributed by atoms with van der Waals surface area (Å²) >= 11 is 0. The van der Waals surface area contributed by atoms with Crippen LogP contribution in [-0.4, -0.2) is 77.6 Å². The standard InChI is InChI=1S/C23H28N4O6S/c1-31-20-14-18(15-21(32-2)23(20)33-3)25-22(28)8-9-26-10-12-27(13-11-26)34(29,30)19-6-4-17(16-24)5-7-19/h4-7,14-15H,8-13H2,1-3H3,(H,25,28). The number of amides is 1. The molecular formula is C23H28N4O6S. The zero-order chi connectivity index (χ0) is 24.7. The first-order valence-corrected chi connectivity index (χ1v) is 12.1. The molecule has 2 aromatic rings. The van der Waals surface area contributed by atoms with Crippen molar-refractivity contribution in [3.05, 3.63) is 42.0 Å². The molecule has 0 spiro atoms. The average molecular weight is 489 g/mol. The van der Waals surface area contributed by atoms with Crippen LogP contribution in [0.2, 0.25) is 0 Å². The Balaban J connectivity index is 1.52. The zero-order valence-electron chi connectivity index (χ0n) is 19.4. The molecule has 0 bridgehead atoms. The number of nitrogens with one attached hydrogen (secondary N) is 1. The fraction of sp³-hybridized carbons (Fsp3) is 0.391. The van der Waals surface area contributed by atoms with Crippen LogP contribution in [0.5, 0.6) is 17.2 Å². The van der Waals surface area contributed by atoms with Crippen LogP contribution in [0.15, 0.2) is 41.3 Å². The number of ether oxygens (including phenoxy) is 3. The van der Waals surface area contributed by atoms with E-state index in [2.05, 4.69) is 10.2 Å². The van der Waals surface area contributed by atoms with E-state index in [4.69, 9.17) is 19.5 Å². The fourth-order valence-corrected chi connectivity index (χ4v) is 5.10. The summed E-state index contributed by atoms with van der Waals surface area (Å²) in [5.74, 6) is 1.15. The van der Waals surface area contributed by atoms with E-state index in [9.17, 15) is 13.2 Å². The Morgan fingerprint density at radius 3 is 2.09 bits per heavy atom. The minimum Gasteiger partial charge on any atom is -0.493 e. The first-order chi connectivity index (χ1) is 16.3. The first-order valence-electron chi connectivity index (χ1n) is 10.6. The number of methoxy groups -OCH3 is 3. The number of hydrogen-bond donors (Lipinski definition) is 1. The third kappa shape index (κ3) is 5.77. The van der Waals surface area contributed by atoms with E-state index in [0.29, 0.717) is 61.2 Å². The number of piperazine rings is 1. The van der Waals surface area contributed by atoms with Crippen molar-refractivity contribution < 1.29 is 27.4 Å². The van der Waals surface area contributed by atoms with Crippen molar-refractivity contribution in [2.75, 3.05) is 59.4 Å². The number of sulfonamides is 1. The van der Waals surface area contributed by atoms with Crippen LogP contribution in [0.1, 0.15) is 12.0 Å². The van der Waals surface area contributed by atoms with Crippen LogP contribution in [0, 0.1) is 11.3 Å². The van der Waals surface area contributed by atoms with Crippen LogP contribution in [0.4, 0.5) is 5.69 Å². The van der Waals surface area contributed by atoms with Gasteiger partial charge in [0.2, 0.25) is 21.7 Å². The van der Waals surface area contributed by atoms with Gasteiger partial charge in [-0.1, -0.05) is 0 Å². The lowest BCUT2D eigenvalue weighted by molar-refractivity contribution is -0.116. The molecule has 2 aromatic carbocycles. The molecule has 11 heteroatoms. The second-order valence-corrected chi connectivity index (χ2v) is 9.53. The molecule has 1 aliphatic heterocycles. The Hall–Kier alpha value is -3.33. The molecule has 0 saturated carbocycles. The monoisotopic (exact) mass is 488 g/mol. The highest BCUT2D eigenvalue weighted by Gasteiger charge is 2.28. The van der Waals surface area contributed by atoms with Crippen molar-refractivity contribution in [1.29, 1.82) is 5.26 Å². The van der Waals surface area contributed by atoms with E-state index >= 15 is 0 Å². The molecule has 0 aliphatic carbocycles. The van der Waals surface area contributed by atoms with Crippen LogP contribution < -0.4 is 19.5 Å². The van der Waals surface area contributed by atoms with Crippen molar-refractivity contribution in [3.63, 3.8) is 0 Å². The van der Waals surface area contributed by atoms with Gasteiger partial charge in [-0.05, 0) is 24.3 Å². The zero-order valence-corrected chi connectivity index (χ0v) is 20.2. The molecule has 1 heterocycles. The third-order valence-electron chi connectivity index (χ3n) is 5.56. The van der Waals surface area contributed by atoms with E-state index < -0.39 is 10.0 Å². The molecule has 0 radical (unpaired) electrons. The minimum atomic E-state index is -3.62. The average Bonchev–Trinajstić information content (AvgIpc) is 2.87. The molecule has 0 unspecified atom stereocenters. The summed E-state index contributed by atoms with van der Waals surface area (Å²) < 4.78 is 43.0. The van der Waals surface area contributed by atoms with E-state index in [-0.39, 0.29) is 17.2 Å². The smallest absolute Gasteiger partial charge is 0.243 e. The molecule has 1 aliphatic rings. The van der Waals surface area contributed by atoms with E-state index in [0.717, 1.165) is 0 Å². The highest BCUT2D eigenvalue weighted by molar-refractivity contribution is 7.89. The molecule has 1 fully saturated rings. The van der Waals surface area contributed by atoms with Crippen molar-refractivity contribution in [1.82, 2.24) is 9.21 Å². The van der Waals surface area contributed by atoms with Crippen LogP contribution in [0.25, 0.3) is 0 Å². The van der Waals surface area contributed by atoms with Gasteiger partial charge in [-0.2, -0.15) is 9.57 Å². The molecule has 3 rings (SSSR count). The van der Waals surface area contributed by atoms with Gasteiger partial charge in [0.25, 0.3) is 0 Å². The molecule has 10 nitrogen and oxygen atoms in total. The summed E-state index contributed by atoms with van der Waals surface area (Å²) in [6, 6.07) is 11.2. The number of benzene rings is 2. The molecule has 182 valence electrons. The highest BCUT2D eigenvalue weighted by atomic mass is 32.2. The lowest BCUT2D eigenvalue weighted by atomic mass is 10.2. The number of nitriles is 1. The lowest BCUT2D eigenvalue weighted by Gasteiger charge is -2.33. The van der Waals surface area contributed by atoms with Gasteiger partial charge in [0.1, 0.15) is 0 Å². The number of anilines is 1. The predicted molar refractivity (Wildman–Crippen MR) is 126 cm³/mol. The molecule has 0 atom stereocenters. The van der Waals surface area contributed by atoms with Gasteiger partial charge in [0, 0.05) is 57.0 Å². The van der Waals surface area contributed by atoms with Crippen LogP contribution in [0.3, 0.4) is 0 Å². The Bertz CT molecular complexity index is 1130. The van der Waals surface area contributed by atoms with Gasteiger partial charge in [-0.3, -0.25) is 4.79 Å². The van der Waals surface area contributed by atoms with Gasteiger partial charge < -0.3 is 24.4 Å². The summed E-state index contributed by atoms with van der Waals surface area (Å²) in [5, 5.41) is 11.7. The van der Waals surface area contributed by atoms with Gasteiger partial charge in [0.15, 0.2) is 11.5 Å². The Kier molecular flexibility index (Phi) is 8.33. The van der Waals surface area contributed by atoms with Crippen molar-refractivity contribution >= 4 is 21.6 Å². The van der Waals surface area contributed by atoms with Crippen molar-refractivity contribution in [3.8, 4) is 23.3 Å². The van der Waals surface area contributed by atoms with Gasteiger partial charge in [-0.15, -0.1) is 0 Å². The molecule has 0 aromatic heterocycles. The second kappa shape index (κ2) is 11.2. The Morgan fingerprint density at radius 1 is 1.00 bits per heavy atom. The Labute approximate surface area is 199 Å². The molecule has 1 amide bonds. The lowest BCUT2D eigenvalue weighted by Crippen LogP contribution is -2.49. The van der Waals surface area contributed by atoms with Gasteiger partial charge in [-0.25, -0.2) is 8.42 Å². The number of hydrogen-bond acceptors (Lipinski definition) is 8. The van der Waals surface area contributed by atoms with Gasteiger partial charge >= 0.3 is 0 Å². The maximum absolute atomic E-state index is 12.8. The quantitative estimate of drug-likeness (QED) is 0.568. The summed E-state index contributed by atoms with van der Waals surface area (Å²) in [6.07, 6.45) is 0.249. The first kappa shape index (κ1) is 25.3. The third-order valence-corrected chi connectivity index (χ3v) is 7.47. The molecule has 1 saturated heterocycles. The number of carbonyl (C=O) groups excluding carboxylic acids is 1. The maximum atomic E-state index is 12.8. The predicted octanol–water partition coefficient (Wildman–Crippen LogP) is 1.92. The maximum Gasteiger partial charge on any atom is 0.243 e. The largest absolute Gasteiger partial charge is 0.493 e. The SMILES string of the molecule is COc1cc(NC(=O)CCN2CCN(S(=O)(=O)c3ccc(C#N)cc3)CC2)cc(OC)c1OC. The van der Waals surface area contributed by atoms with Crippen molar-refractivity contribution in [2.24, 2.45) is 0 Å². The fourth-order valence-electron chi connectivity index (χ4n) is 3.68. The summed E-state index contributed by atoms with van der Waals surface area (Å²) in [6.45, 7) is 2.20. The summed E-state index contributed by atoms with van der Waals surface area (Å²) in [7, 11) is 0.899. The van der Waals surface area contributed by atoms with E-state index in [1.807, 2.05) is 6.07 Å². The highest BCUT2D eigenvalue weighted by Crippen LogP contribution is 2.39. The van der Waals surface area contributed by atoms with Crippen LogP contribution >= 0.6 is 0 Å². The minimum absolute atomic E-state index is 0.171. The normalized spacial score (nSPS) is 14.8. The van der Waals surface area contributed by atoms with E-state index in [1.54, 1.807) is 12.1 Å². The Morgan fingerprint density at radius 2 is 1.59 bits per heavy atom. The second-order valence-electron chi connectivity index (χ2n) is 7.59. The number of rotatable bonds is 9. The topological polar surface area (TPSA) is 121 Å². The summed E-state index contributed by atoms with van der Waals surface area (Å²) in [4.78, 5) is 14.7. The van der Waals surface area contributed by atoms with Crippen molar-refractivity contribution in [2.45, 2.75) is 11.3 Å². The van der Waals surface area contributed by atoms with Crippen LogP contribution in [-0.2, 0) is 14.8 Å². The number of nitrogens with zero attached hydrogens (tertiary/aromatic N) is 3. The molecule has 1 N–H and O–H groups in total. The van der Waals surface area contributed by atoms with Gasteiger partial charge in [0.05, 0.1) is 37.9 Å². The molecule has 34 heavy (non-hydrogen) atoms. The summed E-state index contributed by atoms with van der Waals surface area (Å²) in [5.41, 5.74) is 0.936. The number of carbonyl (C=O) groups is 1. The molecular weight excluding hydrogens is 460 g/mol.